The first-order valence-electron chi connectivity index (χ1n) is 9.39. The van der Waals surface area contributed by atoms with E-state index in [-0.39, 0.29) is 18.0 Å². The van der Waals surface area contributed by atoms with Crippen LogP contribution in [-0.2, 0) is 6.18 Å². The van der Waals surface area contributed by atoms with Crippen LogP contribution in [0.1, 0.15) is 12.5 Å². The van der Waals surface area contributed by atoms with Gasteiger partial charge >= 0.3 is 12.2 Å². The fourth-order valence-corrected chi connectivity index (χ4v) is 3.58. The molecule has 1 saturated heterocycles. The molecule has 0 saturated carbocycles. The molecule has 0 N–H and O–H groups in total. The second kappa shape index (κ2) is 7.62. The van der Waals surface area contributed by atoms with Gasteiger partial charge in [0.1, 0.15) is 18.2 Å². The molecule has 2 aliphatic rings. The van der Waals surface area contributed by atoms with Crippen LogP contribution < -0.4 is 14.5 Å². The molecule has 11 heteroatoms. The Morgan fingerprint density at radius 2 is 1.80 bits per heavy atom. The summed E-state index contributed by atoms with van der Waals surface area (Å²) in [5.41, 5.74) is -1.42. The molecule has 0 spiro atoms. The van der Waals surface area contributed by atoms with Crippen LogP contribution >= 0.6 is 0 Å². The van der Waals surface area contributed by atoms with Gasteiger partial charge in [0.2, 0.25) is 5.95 Å². The lowest BCUT2D eigenvalue weighted by atomic mass is 10.1. The number of ether oxygens (including phenoxy) is 1. The first kappa shape index (κ1) is 20.2. The summed E-state index contributed by atoms with van der Waals surface area (Å²) in [6.45, 7) is 3.47. The molecule has 2 aromatic rings. The van der Waals surface area contributed by atoms with Crippen molar-refractivity contribution < 1.29 is 27.1 Å². The van der Waals surface area contributed by atoms with Gasteiger partial charge in [-0.1, -0.05) is 0 Å². The maximum absolute atomic E-state index is 14.2. The molecular formula is C19H19F4N5O2. The molecule has 2 amide bonds. The number of carbonyl (C=O) groups excluding carboxylic acids is 1. The molecular weight excluding hydrogens is 406 g/mol. The van der Waals surface area contributed by atoms with Gasteiger partial charge in [-0.2, -0.15) is 13.2 Å². The van der Waals surface area contributed by atoms with E-state index in [1.807, 2.05) is 4.90 Å². The van der Waals surface area contributed by atoms with Gasteiger partial charge in [-0.15, -0.1) is 0 Å². The fourth-order valence-electron chi connectivity index (χ4n) is 3.58. The highest BCUT2D eigenvalue weighted by atomic mass is 19.4. The molecule has 1 unspecified atom stereocenters. The van der Waals surface area contributed by atoms with E-state index in [0.717, 1.165) is 6.07 Å². The number of nitrogens with zero attached hydrogens (tertiary/aromatic N) is 5. The largest absolute Gasteiger partial charge is 0.489 e. The van der Waals surface area contributed by atoms with E-state index >= 15 is 0 Å². The Hall–Kier alpha value is -3.11. The molecule has 7 nitrogen and oxygen atoms in total. The number of hydrogen-bond acceptors (Lipinski definition) is 5. The Morgan fingerprint density at radius 1 is 1.13 bits per heavy atom. The average molecular weight is 425 g/mol. The number of alkyl halides is 3. The number of hydrogen-bond donors (Lipinski definition) is 0. The zero-order valence-corrected chi connectivity index (χ0v) is 16.1. The third-order valence-electron chi connectivity index (χ3n) is 5.13. The predicted molar refractivity (Wildman–Crippen MR) is 100 cm³/mol. The molecule has 1 fully saturated rings. The molecule has 0 aliphatic carbocycles. The summed E-state index contributed by atoms with van der Waals surface area (Å²) in [5.74, 6) is -1.04. The Bertz CT molecular complexity index is 933. The molecule has 30 heavy (non-hydrogen) atoms. The van der Waals surface area contributed by atoms with E-state index in [9.17, 15) is 22.4 Å². The molecule has 160 valence electrons. The van der Waals surface area contributed by atoms with Crippen LogP contribution in [0.2, 0.25) is 0 Å². The highest BCUT2D eigenvalue weighted by molar-refractivity contribution is 5.95. The van der Waals surface area contributed by atoms with Crippen molar-refractivity contribution >= 4 is 17.7 Å². The number of halogens is 4. The molecule has 1 aromatic carbocycles. The van der Waals surface area contributed by atoms with Crippen molar-refractivity contribution in [2.45, 2.75) is 19.1 Å². The highest BCUT2D eigenvalue weighted by Gasteiger charge is 2.39. The maximum atomic E-state index is 14.2. The quantitative estimate of drug-likeness (QED) is 0.657. The normalized spacial score (nSPS) is 19.4. The van der Waals surface area contributed by atoms with Gasteiger partial charge in [0.05, 0.1) is 17.3 Å². The van der Waals surface area contributed by atoms with Gasteiger partial charge in [-0.25, -0.2) is 19.2 Å². The number of anilines is 2. The topological polar surface area (TPSA) is 61.8 Å². The number of urea groups is 1. The van der Waals surface area contributed by atoms with Gasteiger partial charge in [-0.3, -0.25) is 4.90 Å². The molecule has 4 rings (SSSR count). The van der Waals surface area contributed by atoms with Crippen molar-refractivity contribution in [3.8, 4) is 5.75 Å². The minimum atomic E-state index is -4.85. The number of carbonyl (C=O) groups is 1. The SMILES string of the molecule is CC1COc2cc(C(F)(F)F)c(F)cc2N1C(=O)N1CCN(c2ncccn2)CC1. The van der Waals surface area contributed by atoms with Gasteiger partial charge in [0, 0.05) is 44.6 Å². The molecule has 2 aliphatic heterocycles. The van der Waals surface area contributed by atoms with Crippen LogP contribution in [-0.4, -0.2) is 59.7 Å². The zero-order valence-electron chi connectivity index (χ0n) is 16.1. The van der Waals surface area contributed by atoms with E-state index < -0.39 is 29.6 Å². The minimum absolute atomic E-state index is 0.00178. The number of aromatic nitrogens is 2. The number of benzene rings is 1. The summed E-state index contributed by atoms with van der Waals surface area (Å²) < 4.78 is 58.6. The van der Waals surface area contributed by atoms with Crippen molar-refractivity contribution in [2.75, 3.05) is 42.6 Å². The summed E-state index contributed by atoms with van der Waals surface area (Å²) in [5, 5.41) is 0. The summed E-state index contributed by atoms with van der Waals surface area (Å²) in [6, 6.07) is 2.18. The van der Waals surface area contributed by atoms with Crippen LogP contribution in [0.25, 0.3) is 0 Å². The number of fused-ring (bicyclic) bond motifs is 1. The second-order valence-electron chi connectivity index (χ2n) is 7.13. The monoisotopic (exact) mass is 425 g/mol. The van der Waals surface area contributed by atoms with Gasteiger partial charge in [0.15, 0.2) is 0 Å². The lowest BCUT2D eigenvalue weighted by molar-refractivity contribution is -0.140. The third-order valence-corrected chi connectivity index (χ3v) is 5.13. The first-order valence-corrected chi connectivity index (χ1v) is 9.39. The van der Waals surface area contributed by atoms with Crippen LogP contribution in [0, 0.1) is 5.82 Å². The predicted octanol–water partition coefficient (Wildman–Crippen LogP) is 3.16. The summed E-state index contributed by atoms with van der Waals surface area (Å²) in [4.78, 5) is 26.4. The maximum Gasteiger partial charge on any atom is 0.419 e. The number of amides is 2. The Balaban J connectivity index is 1.54. The van der Waals surface area contributed by atoms with Crippen molar-refractivity contribution in [2.24, 2.45) is 0 Å². The number of piperazine rings is 1. The van der Waals surface area contributed by atoms with Crippen LogP contribution in [0.3, 0.4) is 0 Å². The van der Waals surface area contributed by atoms with Gasteiger partial charge < -0.3 is 14.5 Å². The van der Waals surface area contributed by atoms with Crippen LogP contribution in [0.15, 0.2) is 30.6 Å². The van der Waals surface area contributed by atoms with E-state index in [2.05, 4.69) is 9.97 Å². The Labute approximate surface area is 169 Å². The zero-order chi connectivity index (χ0) is 21.5. The van der Waals surface area contributed by atoms with Gasteiger partial charge in [-0.05, 0) is 19.1 Å². The first-order chi connectivity index (χ1) is 14.3. The van der Waals surface area contributed by atoms with Crippen molar-refractivity contribution in [1.29, 1.82) is 0 Å². The molecule has 3 heterocycles. The highest BCUT2D eigenvalue weighted by Crippen LogP contribution is 2.41. The smallest absolute Gasteiger partial charge is 0.419 e. The van der Waals surface area contributed by atoms with E-state index in [1.165, 1.54) is 4.90 Å². The Morgan fingerprint density at radius 3 is 2.43 bits per heavy atom. The molecule has 0 bridgehead atoms. The fraction of sp³-hybridized carbons (Fsp3) is 0.421. The lowest BCUT2D eigenvalue weighted by Crippen LogP contribution is -2.56. The van der Waals surface area contributed by atoms with Crippen LogP contribution in [0.5, 0.6) is 5.75 Å². The standard InChI is InChI=1S/C19H19F4N5O2/c1-12-11-30-16-9-13(19(21,22)23)14(20)10-15(16)28(12)18(29)27-7-5-26(6-8-27)17-24-3-2-4-25-17/h2-4,9-10,12H,5-8,11H2,1H3. The van der Waals surface area contributed by atoms with Gasteiger partial charge in [0.25, 0.3) is 0 Å². The third kappa shape index (κ3) is 3.71. The van der Waals surface area contributed by atoms with Crippen molar-refractivity contribution in [3.05, 3.63) is 42.0 Å². The van der Waals surface area contributed by atoms with E-state index in [1.54, 1.807) is 30.3 Å². The van der Waals surface area contributed by atoms with Crippen molar-refractivity contribution in [3.63, 3.8) is 0 Å². The van der Waals surface area contributed by atoms with E-state index in [0.29, 0.717) is 38.2 Å². The second-order valence-corrected chi connectivity index (χ2v) is 7.13. The summed E-state index contributed by atoms with van der Waals surface area (Å²) >= 11 is 0. The summed E-state index contributed by atoms with van der Waals surface area (Å²) in [7, 11) is 0. The molecule has 1 atom stereocenters. The lowest BCUT2D eigenvalue weighted by Gasteiger charge is -2.41. The minimum Gasteiger partial charge on any atom is -0.489 e. The van der Waals surface area contributed by atoms with E-state index in [4.69, 9.17) is 4.74 Å². The summed E-state index contributed by atoms with van der Waals surface area (Å²) in [6.07, 6.45) is -1.58. The number of rotatable bonds is 1. The average Bonchev–Trinajstić information content (AvgIpc) is 2.73. The Kier molecular flexibility index (Phi) is 5.12. The van der Waals surface area contributed by atoms with Crippen LogP contribution in [0.4, 0.5) is 34.0 Å². The van der Waals surface area contributed by atoms with Crippen molar-refractivity contribution in [1.82, 2.24) is 14.9 Å². The molecule has 0 radical (unpaired) electrons. The molecule has 1 aromatic heterocycles.